The Balaban J connectivity index is 1.58. The van der Waals surface area contributed by atoms with E-state index in [1.807, 2.05) is 23.1 Å². The maximum atomic E-state index is 13.0. The van der Waals surface area contributed by atoms with E-state index in [0.29, 0.717) is 31.7 Å². The van der Waals surface area contributed by atoms with Gasteiger partial charge < -0.3 is 14.5 Å². The number of nitrogens with zero attached hydrogens (tertiary/aromatic N) is 2. The first-order chi connectivity index (χ1) is 12.6. The Bertz CT molecular complexity index is 784. The normalized spacial score (nSPS) is 14.2. The van der Waals surface area contributed by atoms with Crippen molar-refractivity contribution in [2.45, 2.75) is 6.42 Å². The zero-order valence-electron chi connectivity index (χ0n) is 14.7. The number of piperazine rings is 1. The molecule has 0 radical (unpaired) electrons. The van der Waals surface area contributed by atoms with E-state index in [4.69, 9.17) is 4.74 Å². The summed E-state index contributed by atoms with van der Waals surface area (Å²) in [6.45, 7) is 2.62. The molecule has 0 N–H and O–H groups in total. The van der Waals surface area contributed by atoms with Gasteiger partial charge in [0.15, 0.2) is 0 Å². The van der Waals surface area contributed by atoms with E-state index in [-0.39, 0.29) is 24.1 Å². The van der Waals surface area contributed by atoms with Crippen molar-refractivity contribution in [1.82, 2.24) is 4.90 Å². The molecule has 0 aliphatic carbocycles. The molecule has 0 atom stereocenters. The summed E-state index contributed by atoms with van der Waals surface area (Å²) in [6.07, 6.45) is 0.276. The molecule has 0 saturated carbocycles. The molecule has 1 fully saturated rings. The molecule has 2 aromatic rings. The highest BCUT2D eigenvalue weighted by atomic mass is 19.1. The Kier molecular flexibility index (Phi) is 5.51. The van der Waals surface area contributed by atoms with E-state index in [1.165, 1.54) is 19.2 Å². The lowest BCUT2D eigenvalue weighted by Gasteiger charge is -2.36. The Morgan fingerprint density at radius 3 is 2.38 bits per heavy atom. The fraction of sp³-hybridized carbons (Fsp3) is 0.300. The summed E-state index contributed by atoms with van der Waals surface area (Å²) in [4.78, 5) is 28.1. The number of rotatable bonds is 4. The topological polar surface area (TPSA) is 49.9 Å². The van der Waals surface area contributed by atoms with Crippen molar-refractivity contribution in [2.24, 2.45) is 0 Å². The van der Waals surface area contributed by atoms with Crippen LogP contribution in [0.25, 0.3) is 0 Å². The van der Waals surface area contributed by atoms with E-state index in [1.54, 1.807) is 18.2 Å². The molecule has 6 heteroatoms. The molecule has 1 amide bonds. The van der Waals surface area contributed by atoms with Gasteiger partial charge in [-0.25, -0.2) is 9.18 Å². The van der Waals surface area contributed by atoms with Gasteiger partial charge in [-0.1, -0.05) is 18.2 Å². The number of anilines is 1. The summed E-state index contributed by atoms with van der Waals surface area (Å²) < 4.78 is 17.7. The van der Waals surface area contributed by atoms with Crippen LogP contribution in [0, 0.1) is 5.82 Å². The van der Waals surface area contributed by atoms with Crippen LogP contribution >= 0.6 is 0 Å². The lowest BCUT2D eigenvalue weighted by Crippen LogP contribution is -2.49. The van der Waals surface area contributed by atoms with Gasteiger partial charge >= 0.3 is 5.97 Å². The summed E-state index contributed by atoms with van der Waals surface area (Å²) in [7, 11) is 1.36. The molecule has 0 aromatic heterocycles. The van der Waals surface area contributed by atoms with Crippen LogP contribution in [0.3, 0.4) is 0 Å². The van der Waals surface area contributed by atoms with Gasteiger partial charge in [0, 0.05) is 31.9 Å². The minimum absolute atomic E-state index is 0.0413. The van der Waals surface area contributed by atoms with Crippen molar-refractivity contribution in [3.05, 3.63) is 65.5 Å². The molecule has 1 aliphatic rings. The van der Waals surface area contributed by atoms with Crippen molar-refractivity contribution < 1.29 is 18.7 Å². The number of benzene rings is 2. The number of carbonyl (C=O) groups excluding carboxylic acids is 2. The first-order valence-electron chi connectivity index (χ1n) is 8.52. The van der Waals surface area contributed by atoms with Crippen LogP contribution in [-0.2, 0) is 16.0 Å². The number of esters is 1. The predicted octanol–water partition coefficient (Wildman–Crippen LogP) is 2.50. The molecule has 5 nitrogen and oxygen atoms in total. The summed E-state index contributed by atoms with van der Waals surface area (Å²) >= 11 is 0. The first-order valence-corrected chi connectivity index (χ1v) is 8.52. The van der Waals surface area contributed by atoms with Gasteiger partial charge in [-0.3, -0.25) is 4.79 Å². The number of hydrogen-bond donors (Lipinski definition) is 0. The zero-order chi connectivity index (χ0) is 18.5. The van der Waals surface area contributed by atoms with Crippen LogP contribution in [-0.4, -0.2) is 50.1 Å². The maximum Gasteiger partial charge on any atom is 0.337 e. The predicted molar refractivity (Wildman–Crippen MR) is 96.7 cm³/mol. The van der Waals surface area contributed by atoms with E-state index in [9.17, 15) is 14.0 Å². The van der Waals surface area contributed by atoms with Crippen molar-refractivity contribution in [1.29, 1.82) is 0 Å². The highest BCUT2D eigenvalue weighted by Crippen LogP contribution is 2.19. The third-order valence-corrected chi connectivity index (χ3v) is 4.53. The zero-order valence-corrected chi connectivity index (χ0v) is 14.7. The van der Waals surface area contributed by atoms with Gasteiger partial charge in [0.25, 0.3) is 0 Å². The Morgan fingerprint density at radius 2 is 1.73 bits per heavy atom. The number of ether oxygens (including phenoxy) is 1. The van der Waals surface area contributed by atoms with Crippen LogP contribution in [0.2, 0.25) is 0 Å². The molecular formula is C20H21FN2O3. The van der Waals surface area contributed by atoms with Crippen molar-refractivity contribution in [3.8, 4) is 0 Å². The van der Waals surface area contributed by atoms with Crippen LogP contribution in [0.4, 0.5) is 10.1 Å². The third-order valence-electron chi connectivity index (χ3n) is 4.53. The average Bonchev–Trinajstić information content (AvgIpc) is 2.69. The quantitative estimate of drug-likeness (QED) is 0.790. The van der Waals surface area contributed by atoms with Crippen molar-refractivity contribution >= 4 is 17.6 Å². The molecule has 26 heavy (non-hydrogen) atoms. The highest BCUT2D eigenvalue weighted by Gasteiger charge is 2.22. The lowest BCUT2D eigenvalue weighted by atomic mass is 10.1. The summed E-state index contributed by atoms with van der Waals surface area (Å²) in [6, 6.07) is 13.3. The molecule has 136 valence electrons. The minimum Gasteiger partial charge on any atom is -0.465 e. The Labute approximate surface area is 152 Å². The summed E-state index contributed by atoms with van der Waals surface area (Å²) in [5.74, 6) is -0.622. The highest BCUT2D eigenvalue weighted by molar-refractivity contribution is 5.90. The second-order valence-corrected chi connectivity index (χ2v) is 6.21. The molecule has 0 bridgehead atoms. The van der Waals surface area contributed by atoms with Gasteiger partial charge in [0.05, 0.1) is 19.1 Å². The molecule has 0 spiro atoms. The first kappa shape index (κ1) is 17.9. The SMILES string of the molecule is COC(=O)c1cccc(N2CCN(C(=O)Cc3ccc(F)cc3)CC2)c1. The van der Waals surface area contributed by atoms with Gasteiger partial charge in [-0.2, -0.15) is 0 Å². The Hall–Kier alpha value is -2.89. The second-order valence-electron chi connectivity index (χ2n) is 6.21. The summed E-state index contributed by atoms with van der Waals surface area (Å²) in [5.41, 5.74) is 2.27. The number of carbonyl (C=O) groups is 2. The van der Waals surface area contributed by atoms with E-state index < -0.39 is 0 Å². The van der Waals surface area contributed by atoms with Crippen molar-refractivity contribution in [3.63, 3.8) is 0 Å². The molecule has 1 heterocycles. The smallest absolute Gasteiger partial charge is 0.337 e. The molecule has 2 aromatic carbocycles. The largest absolute Gasteiger partial charge is 0.465 e. The Morgan fingerprint density at radius 1 is 1.04 bits per heavy atom. The van der Waals surface area contributed by atoms with Gasteiger partial charge in [-0.15, -0.1) is 0 Å². The lowest BCUT2D eigenvalue weighted by molar-refractivity contribution is -0.130. The third kappa shape index (κ3) is 4.20. The van der Waals surface area contributed by atoms with E-state index in [0.717, 1.165) is 11.3 Å². The molecule has 3 rings (SSSR count). The van der Waals surface area contributed by atoms with Crippen molar-refractivity contribution in [2.75, 3.05) is 38.2 Å². The van der Waals surface area contributed by atoms with Crippen LogP contribution < -0.4 is 4.90 Å². The molecular weight excluding hydrogens is 335 g/mol. The molecule has 1 aliphatic heterocycles. The van der Waals surface area contributed by atoms with Gasteiger partial charge in [0.2, 0.25) is 5.91 Å². The van der Waals surface area contributed by atoms with Crippen LogP contribution in [0.5, 0.6) is 0 Å². The average molecular weight is 356 g/mol. The number of amides is 1. The minimum atomic E-state index is -0.361. The number of hydrogen-bond acceptors (Lipinski definition) is 4. The standard InChI is InChI=1S/C20H21FN2O3/c1-26-20(25)16-3-2-4-18(14-16)22-9-11-23(12-10-22)19(24)13-15-5-7-17(21)8-6-15/h2-8,14H,9-13H2,1H3. The molecule has 1 saturated heterocycles. The van der Waals surface area contributed by atoms with E-state index in [2.05, 4.69) is 4.90 Å². The van der Waals surface area contributed by atoms with Crippen LogP contribution in [0.1, 0.15) is 15.9 Å². The van der Waals surface area contributed by atoms with E-state index >= 15 is 0 Å². The number of halogens is 1. The second kappa shape index (κ2) is 7.99. The number of methoxy groups -OCH3 is 1. The maximum absolute atomic E-state index is 13.0. The van der Waals surface area contributed by atoms with Gasteiger partial charge in [-0.05, 0) is 35.9 Å². The van der Waals surface area contributed by atoms with Gasteiger partial charge in [0.1, 0.15) is 5.82 Å². The molecule has 0 unspecified atom stereocenters. The fourth-order valence-corrected chi connectivity index (χ4v) is 3.05. The fourth-order valence-electron chi connectivity index (χ4n) is 3.05. The summed E-state index contributed by atoms with van der Waals surface area (Å²) in [5, 5.41) is 0. The monoisotopic (exact) mass is 356 g/mol. The van der Waals surface area contributed by atoms with Crippen LogP contribution in [0.15, 0.2) is 48.5 Å².